The molecular formula is C10H17N2+. The molecule has 0 spiro atoms. The van der Waals surface area contributed by atoms with Crippen molar-refractivity contribution in [2.45, 2.75) is 39.7 Å². The zero-order chi connectivity index (χ0) is 9.14. The zero-order valence-electron chi connectivity index (χ0n) is 8.28. The molecule has 0 saturated heterocycles. The highest BCUT2D eigenvalue weighted by Crippen LogP contribution is 2.09. The van der Waals surface area contributed by atoms with Crippen LogP contribution in [0.25, 0.3) is 0 Å². The third kappa shape index (κ3) is 1.81. The number of hydrogen-bond acceptors (Lipinski definition) is 1. The van der Waals surface area contributed by atoms with E-state index in [1.54, 1.807) is 0 Å². The maximum atomic E-state index is 4.11. The van der Waals surface area contributed by atoms with Crippen LogP contribution in [-0.4, -0.2) is 4.98 Å². The molecule has 2 heteroatoms. The van der Waals surface area contributed by atoms with Crippen molar-refractivity contribution in [1.29, 1.82) is 0 Å². The molecule has 1 heterocycles. The van der Waals surface area contributed by atoms with E-state index in [4.69, 9.17) is 0 Å². The molecule has 0 fully saturated rings. The lowest BCUT2D eigenvalue weighted by Gasteiger charge is -2.10. The van der Waals surface area contributed by atoms with Gasteiger partial charge in [-0.1, -0.05) is 18.8 Å². The molecule has 0 aliphatic heterocycles. The largest absolute Gasteiger partial charge is 0.286 e. The fourth-order valence-electron chi connectivity index (χ4n) is 1.30. The van der Waals surface area contributed by atoms with Gasteiger partial charge in [0, 0.05) is 12.0 Å². The van der Waals surface area contributed by atoms with Crippen LogP contribution in [0.1, 0.15) is 45.3 Å². The van der Waals surface area contributed by atoms with E-state index < -0.39 is 0 Å². The summed E-state index contributed by atoms with van der Waals surface area (Å²) in [6.07, 6.45) is 3.76. The maximum absolute atomic E-state index is 4.11. The summed E-state index contributed by atoms with van der Waals surface area (Å²) in [5, 5.41) is 0. The summed E-state index contributed by atoms with van der Waals surface area (Å²) in [5.74, 6) is 0.565. The number of aromatic nitrogens is 2. The van der Waals surface area contributed by atoms with Crippen molar-refractivity contribution in [1.82, 2.24) is 4.98 Å². The van der Waals surface area contributed by atoms with Crippen molar-refractivity contribution in [2.75, 3.05) is 0 Å². The Kier molecular flexibility index (Phi) is 2.79. The van der Waals surface area contributed by atoms with Gasteiger partial charge in [0.2, 0.25) is 0 Å². The Hall–Kier alpha value is -0.920. The van der Waals surface area contributed by atoms with Crippen LogP contribution in [0.5, 0.6) is 0 Å². The monoisotopic (exact) mass is 165 g/mol. The quantitative estimate of drug-likeness (QED) is 0.613. The first-order chi connectivity index (χ1) is 5.63. The molecule has 0 amide bonds. The first-order valence-corrected chi connectivity index (χ1v) is 4.48. The highest BCUT2D eigenvalue weighted by molar-refractivity contribution is 4.96. The fraction of sp³-hybridized carbons (Fsp3) is 0.600. The minimum Gasteiger partial charge on any atom is -0.232 e. The maximum Gasteiger partial charge on any atom is 0.286 e. The Morgan fingerprint density at radius 2 is 1.92 bits per heavy atom. The first kappa shape index (κ1) is 9.17. The number of nitrogens with zero attached hydrogens (tertiary/aromatic N) is 2. The Balaban J connectivity index is 3.09. The second-order valence-electron chi connectivity index (χ2n) is 3.66. The second kappa shape index (κ2) is 3.65. The molecule has 0 unspecified atom stereocenters. The fourth-order valence-corrected chi connectivity index (χ4v) is 1.30. The van der Waals surface area contributed by atoms with E-state index in [9.17, 15) is 0 Å². The van der Waals surface area contributed by atoms with E-state index in [0.717, 1.165) is 0 Å². The van der Waals surface area contributed by atoms with Crippen LogP contribution in [-0.2, 0) is 0 Å². The van der Waals surface area contributed by atoms with Crippen molar-refractivity contribution in [3.8, 4) is 0 Å². The van der Waals surface area contributed by atoms with Gasteiger partial charge in [-0.2, -0.15) is 0 Å². The van der Waals surface area contributed by atoms with Gasteiger partial charge in [0.25, 0.3) is 6.33 Å². The molecule has 66 valence electrons. The van der Waals surface area contributed by atoms with E-state index in [0.29, 0.717) is 12.0 Å². The lowest BCUT2D eigenvalue weighted by atomic mass is 10.1. The average molecular weight is 165 g/mol. The molecule has 2 nitrogen and oxygen atoms in total. The van der Waals surface area contributed by atoms with Gasteiger partial charge in [-0.15, -0.1) is 0 Å². The van der Waals surface area contributed by atoms with E-state index >= 15 is 0 Å². The summed E-state index contributed by atoms with van der Waals surface area (Å²) < 4.78 is 2.21. The van der Waals surface area contributed by atoms with Gasteiger partial charge in [-0.3, -0.25) is 0 Å². The van der Waals surface area contributed by atoms with Crippen molar-refractivity contribution in [3.05, 3.63) is 24.3 Å². The van der Waals surface area contributed by atoms with Crippen molar-refractivity contribution in [2.24, 2.45) is 0 Å². The van der Waals surface area contributed by atoms with Gasteiger partial charge in [0.1, 0.15) is 11.9 Å². The third-order valence-electron chi connectivity index (χ3n) is 1.97. The van der Waals surface area contributed by atoms with Crippen LogP contribution in [0.2, 0.25) is 0 Å². The lowest BCUT2D eigenvalue weighted by molar-refractivity contribution is -0.726. The molecule has 1 aromatic rings. The van der Waals surface area contributed by atoms with Gasteiger partial charge in [-0.25, -0.2) is 4.57 Å². The summed E-state index contributed by atoms with van der Waals surface area (Å²) in [5.41, 5.74) is 1.35. The Morgan fingerprint density at radius 3 is 2.33 bits per heavy atom. The van der Waals surface area contributed by atoms with Crippen LogP contribution in [0.15, 0.2) is 18.6 Å². The minimum atomic E-state index is 0.496. The second-order valence-corrected chi connectivity index (χ2v) is 3.66. The molecule has 1 aromatic heterocycles. The molecule has 12 heavy (non-hydrogen) atoms. The van der Waals surface area contributed by atoms with Gasteiger partial charge in [0.15, 0.2) is 0 Å². The lowest BCUT2D eigenvalue weighted by Crippen LogP contribution is -2.41. The van der Waals surface area contributed by atoms with Gasteiger partial charge >= 0.3 is 0 Å². The molecule has 0 saturated carbocycles. The van der Waals surface area contributed by atoms with E-state index in [1.807, 2.05) is 12.5 Å². The topological polar surface area (TPSA) is 16.8 Å². The normalized spacial score (nSPS) is 11.2. The smallest absolute Gasteiger partial charge is 0.232 e. The summed E-state index contributed by atoms with van der Waals surface area (Å²) in [6, 6.07) is 2.58. The predicted octanol–water partition coefficient (Wildman–Crippen LogP) is 2.07. The van der Waals surface area contributed by atoms with Crippen LogP contribution in [0.4, 0.5) is 0 Å². The average Bonchev–Trinajstić information content (AvgIpc) is 2.04. The molecule has 0 radical (unpaired) electrons. The highest BCUT2D eigenvalue weighted by atomic mass is 15.0. The van der Waals surface area contributed by atoms with Crippen LogP contribution >= 0.6 is 0 Å². The van der Waals surface area contributed by atoms with E-state index in [2.05, 4.69) is 43.3 Å². The summed E-state index contributed by atoms with van der Waals surface area (Å²) in [4.78, 5) is 4.11. The first-order valence-electron chi connectivity index (χ1n) is 4.48. The highest BCUT2D eigenvalue weighted by Gasteiger charge is 2.12. The van der Waals surface area contributed by atoms with E-state index in [1.165, 1.54) is 5.69 Å². The third-order valence-corrected chi connectivity index (χ3v) is 1.97. The molecule has 0 aromatic carbocycles. The van der Waals surface area contributed by atoms with Crippen LogP contribution < -0.4 is 4.57 Å². The molecule has 0 atom stereocenters. The predicted molar refractivity (Wildman–Crippen MR) is 48.9 cm³/mol. The van der Waals surface area contributed by atoms with Gasteiger partial charge < -0.3 is 0 Å². The Labute approximate surface area is 74.3 Å². The van der Waals surface area contributed by atoms with Crippen molar-refractivity contribution >= 4 is 0 Å². The summed E-state index contributed by atoms with van der Waals surface area (Å²) >= 11 is 0. The molecule has 0 aliphatic rings. The number of rotatable bonds is 2. The summed E-state index contributed by atoms with van der Waals surface area (Å²) in [7, 11) is 0. The molecule has 0 N–H and O–H groups in total. The molecular weight excluding hydrogens is 148 g/mol. The Morgan fingerprint density at radius 1 is 1.25 bits per heavy atom. The minimum absolute atomic E-state index is 0.496. The van der Waals surface area contributed by atoms with Crippen molar-refractivity contribution in [3.63, 3.8) is 0 Å². The zero-order valence-corrected chi connectivity index (χ0v) is 8.28. The molecule has 0 aliphatic carbocycles. The van der Waals surface area contributed by atoms with Gasteiger partial charge in [-0.05, 0) is 13.8 Å². The Bertz CT molecular complexity index is 227. The van der Waals surface area contributed by atoms with Crippen molar-refractivity contribution < 1.29 is 4.57 Å². The summed E-state index contributed by atoms with van der Waals surface area (Å²) in [6.45, 7) is 8.75. The molecule has 1 rings (SSSR count). The van der Waals surface area contributed by atoms with Gasteiger partial charge in [0.05, 0.1) is 6.04 Å². The standard InChI is InChI=1S/C10H17N2/c1-8(2)10-5-6-11-7-12(10)9(3)4/h5-9H,1-4H3/q+1. The van der Waals surface area contributed by atoms with E-state index in [-0.39, 0.29) is 0 Å². The number of hydrogen-bond donors (Lipinski definition) is 0. The molecule has 0 bridgehead atoms. The van der Waals surface area contributed by atoms with Crippen LogP contribution in [0.3, 0.4) is 0 Å². The SMILES string of the molecule is CC(C)c1ccnc[n+]1C(C)C. The van der Waals surface area contributed by atoms with Crippen LogP contribution in [0, 0.1) is 0 Å².